The van der Waals surface area contributed by atoms with Gasteiger partial charge in [-0.05, 0) is 12.1 Å². The summed E-state index contributed by atoms with van der Waals surface area (Å²) in [5.74, 6) is 0. The monoisotopic (exact) mass is 230 g/mol. The maximum Gasteiger partial charge on any atom is 0.431 e. The molecule has 0 aliphatic carbocycles. The second-order valence-corrected chi connectivity index (χ2v) is 3.18. The number of hydrogen-bond donors (Lipinski definition) is 1. The number of benzene rings is 1. The van der Waals surface area contributed by atoms with E-state index in [1.165, 1.54) is 12.1 Å². The van der Waals surface area contributed by atoms with Crippen LogP contribution in [0.15, 0.2) is 24.3 Å². The summed E-state index contributed by atoms with van der Waals surface area (Å²) in [6.45, 7) is 0. The fourth-order valence-electron chi connectivity index (χ4n) is 1.45. The van der Waals surface area contributed by atoms with E-state index in [4.69, 9.17) is 0 Å². The molecule has 2 rings (SSSR count). The van der Waals surface area contributed by atoms with E-state index in [1.807, 2.05) is 0 Å². The number of non-ortho nitro benzene ring substituents is 1. The van der Waals surface area contributed by atoms with Crippen molar-refractivity contribution in [2.45, 2.75) is 6.18 Å². The van der Waals surface area contributed by atoms with Crippen LogP contribution in [0.25, 0.3) is 10.9 Å². The highest BCUT2D eigenvalue weighted by Crippen LogP contribution is 2.34. The number of nitrogens with one attached hydrogen (secondary N) is 1. The second-order valence-electron chi connectivity index (χ2n) is 3.18. The van der Waals surface area contributed by atoms with E-state index in [1.54, 1.807) is 0 Å². The number of alkyl halides is 3. The number of halogens is 3. The van der Waals surface area contributed by atoms with E-state index in [-0.39, 0.29) is 16.6 Å². The first kappa shape index (κ1) is 10.5. The average Bonchev–Trinajstić information content (AvgIpc) is 2.59. The Morgan fingerprint density at radius 2 is 2.00 bits per heavy atom. The van der Waals surface area contributed by atoms with E-state index in [0.29, 0.717) is 0 Å². The molecule has 0 aliphatic rings. The van der Waals surface area contributed by atoms with Crippen molar-refractivity contribution in [2.24, 2.45) is 0 Å². The SMILES string of the molecule is O=[N+]([O-])c1cccc2[nH]c(C(F)(F)F)cc12. The summed E-state index contributed by atoms with van der Waals surface area (Å²) in [6, 6.07) is 4.60. The normalized spacial score (nSPS) is 11.9. The van der Waals surface area contributed by atoms with Gasteiger partial charge in [-0.2, -0.15) is 13.2 Å². The molecule has 16 heavy (non-hydrogen) atoms. The molecule has 4 nitrogen and oxygen atoms in total. The number of rotatable bonds is 1. The lowest BCUT2D eigenvalue weighted by atomic mass is 10.2. The third-order valence-corrected chi connectivity index (χ3v) is 2.14. The van der Waals surface area contributed by atoms with Crippen LogP contribution in [0.5, 0.6) is 0 Å². The molecule has 0 unspecified atom stereocenters. The van der Waals surface area contributed by atoms with Gasteiger partial charge in [-0.15, -0.1) is 0 Å². The minimum atomic E-state index is -4.53. The van der Waals surface area contributed by atoms with Crippen LogP contribution in [-0.2, 0) is 6.18 Å². The molecule has 0 fully saturated rings. The first-order chi connectivity index (χ1) is 7.39. The molecular weight excluding hydrogens is 225 g/mol. The van der Waals surface area contributed by atoms with Crippen molar-refractivity contribution in [1.82, 2.24) is 4.98 Å². The summed E-state index contributed by atoms with van der Waals surface area (Å²) in [5.41, 5.74) is -1.23. The molecular formula is C9H5F3N2O2. The molecule has 84 valence electrons. The summed E-state index contributed by atoms with van der Waals surface area (Å²) in [6.07, 6.45) is -4.53. The van der Waals surface area contributed by atoms with Crippen molar-refractivity contribution in [3.05, 3.63) is 40.1 Å². The molecule has 0 saturated heterocycles. The summed E-state index contributed by atoms with van der Waals surface area (Å²) in [4.78, 5) is 12.0. The van der Waals surface area contributed by atoms with Crippen molar-refractivity contribution in [1.29, 1.82) is 0 Å². The highest BCUT2D eigenvalue weighted by atomic mass is 19.4. The van der Waals surface area contributed by atoms with Crippen molar-refractivity contribution >= 4 is 16.6 Å². The quantitative estimate of drug-likeness (QED) is 0.604. The second kappa shape index (κ2) is 3.22. The topological polar surface area (TPSA) is 58.9 Å². The largest absolute Gasteiger partial charge is 0.431 e. The van der Waals surface area contributed by atoms with Crippen LogP contribution in [0.4, 0.5) is 18.9 Å². The number of aromatic nitrogens is 1. The lowest BCUT2D eigenvalue weighted by Crippen LogP contribution is -2.04. The van der Waals surface area contributed by atoms with Crippen molar-refractivity contribution < 1.29 is 18.1 Å². The zero-order valence-corrected chi connectivity index (χ0v) is 7.71. The Morgan fingerprint density at radius 3 is 2.56 bits per heavy atom. The third-order valence-electron chi connectivity index (χ3n) is 2.14. The molecule has 1 aromatic carbocycles. The predicted octanol–water partition coefficient (Wildman–Crippen LogP) is 3.09. The highest BCUT2D eigenvalue weighted by molar-refractivity contribution is 5.89. The molecule has 2 aromatic rings. The molecule has 0 spiro atoms. The summed E-state index contributed by atoms with van der Waals surface area (Å²) in [7, 11) is 0. The summed E-state index contributed by atoms with van der Waals surface area (Å²) >= 11 is 0. The Morgan fingerprint density at radius 1 is 1.31 bits per heavy atom. The first-order valence-electron chi connectivity index (χ1n) is 4.23. The van der Waals surface area contributed by atoms with E-state index < -0.39 is 16.8 Å². The first-order valence-corrected chi connectivity index (χ1v) is 4.23. The summed E-state index contributed by atoms with van der Waals surface area (Å²) < 4.78 is 37.1. The van der Waals surface area contributed by atoms with Gasteiger partial charge in [0.15, 0.2) is 0 Å². The minimum absolute atomic E-state index is 0.0418. The number of hydrogen-bond acceptors (Lipinski definition) is 2. The highest BCUT2D eigenvalue weighted by Gasteiger charge is 2.33. The molecule has 0 atom stereocenters. The van der Waals surface area contributed by atoms with Crippen LogP contribution in [0, 0.1) is 10.1 Å². The zero-order valence-electron chi connectivity index (χ0n) is 7.71. The van der Waals surface area contributed by atoms with Crippen LogP contribution in [0.2, 0.25) is 0 Å². The third kappa shape index (κ3) is 1.60. The van der Waals surface area contributed by atoms with Gasteiger partial charge >= 0.3 is 6.18 Å². The van der Waals surface area contributed by atoms with Gasteiger partial charge in [0.05, 0.1) is 15.8 Å². The number of nitro benzene ring substituents is 1. The smallest absolute Gasteiger partial charge is 0.351 e. The van der Waals surface area contributed by atoms with Crippen LogP contribution in [0.3, 0.4) is 0 Å². The van der Waals surface area contributed by atoms with Gasteiger partial charge in [0.2, 0.25) is 0 Å². The number of fused-ring (bicyclic) bond motifs is 1. The molecule has 7 heteroatoms. The Hall–Kier alpha value is -2.05. The Bertz CT molecular complexity index is 559. The maximum atomic E-state index is 12.4. The molecule has 1 N–H and O–H groups in total. The van der Waals surface area contributed by atoms with Gasteiger partial charge in [-0.25, -0.2) is 0 Å². The van der Waals surface area contributed by atoms with Crippen molar-refractivity contribution in [2.75, 3.05) is 0 Å². The molecule has 0 aliphatic heterocycles. The van der Waals surface area contributed by atoms with Crippen LogP contribution < -0.4 is 0 Å². The lowest BCUT2D eigenvalue weighted by molar-refractivity contribution is -0.383. The van der Waals surface area contributed by atoms with Crippen LogP contribution in [-0.4, -0.2) is 9.91 Å². The van der Waals surface area contributed by atoms with Gasteiger partial charge in [0, 0.05) is 6.07 Å². The predicted molar refractivity (Wildman–Crippen MR) is 50.0 cm³/mol. The lowest BCUT2D eigenvalue weighted by Gasteiger charge is -2.00. The van der Waals surface area contributed by atoms with Crippen molar-refractivity contribution in [3.63, 3.8) is 0 Å². The fraction of sp³-hybridized carbons (Fsp3) is 0.111. The molecule has 1 aromatic heterocycles. The zero-order chi connectivity index (χ0) is 11.9. The molecule has 0 amide bonds. The van der Waals surface area contributed by atoms with Gasteiger partial charge in [-0.1, -0.05) is 6.07 Å². The van der Waals surface area contributed by atoms with Gasteiger partial charge in [-0.3, -0.25) is 10.1 Å². The number of nitrogens with zero attached hydrogens (tertiary/aromatic N) is 1. The number of aromatic amines is 1. The van der Waals surface area contributed by atoms with E-state index in [9.17, 15) is 23.3 Å². The van der Waals surface area contributed by atoms with Gasteiger partial charge in [0.1, 0.15) is 5.69 Å². The van der Waals surface area contributed by atoms with E-state index in [2.05, 4.69) is 4.98 Å². The summed E-state index contributed by atoms with van der Waals surface area (Å²) in [5, 5.41) is 10.5. The molecule has 0 radical (unpaired) electrons. The number of nitro groups is 1. The Kier molecular flexibility index (Phi) is 2.11. The molecule has 0 bridgehead atoms. The molecule has 0 saturated carbocycles. The van der Waals surface area contributed by atoms with Crippen molar-refractivity contribution in [3.8, 4) is 0 Å². The number of H-pyrrole nitrogens is 1. The van der Waals surface area contributed by atoms with Crippen LogP contribution in [0.1, 0.15) is 5.69 Å². The Labute approximate surface area is 86.8 Å². The maximum absolute atomic E-state index is 12.4. The van der Waals surface area contributed by atoms with Gasteiger partial charge in [0.25, 0.3) is 5.69 Å². The fourth-order valence-corrected chi connectivity index (χ4v) is 1.45. The standard InChI is InChI=1S/C9H5F3N2O2/c10-9(11,12)8-4-5-6(13-8)2-1-3-7(5)14(15)16/h1-4,13H. The Balaban J connectivity index is 2.71. The molecule has 1 heterocycles. The van der Waals surface area contributed by atoms with Gasteiger partial charge < -0.3 is 4.98 Å². The average molecular weight is 230 g/mol. The minimum Gasteiger partial charge on any atom is -0.351 e. The van der Waals surface area contributed by atoms with Crippen LogP contribution >= 0.6 is 0 Å². The van der Waals surface area contributed by atoms with E-state index >= 15 is 0 Å². The van der Waals surface area contributed by atoms with E-state index in [0.717, 1.165) is 12.1 Å².